The molecule has 3 aromatic rings. The summed E-state index contributed by atoms with van der Waals surface area (Å²) >= 11 is 5.99. The van der Waals surface area contributed by atoms with Gasteiger partial charge < -0.3 is 13.9 Å². The highest BCUT2D eigenvalue weighted by Crippen LogP contribution is 2.24. The van der Waals surface area contributed by atoms with Crippen LogP contribution in [0.25, 0.3) is 11.0 Å². The molecule has 2 aromatic heterocycles. The van der Waals surface area contributed by atoms with Gasteiger partial charge in [-0.1, -0.05) is 11.6 Å². The van der Waals surface area contributed by atoms with Crippen molar-refractivity contribution in [2.24, 2.45) is 14.1 Å². The van der Waals surface area contributed by atoms with E-state index in [4.69, 9.17) is 16.3 Å². The number of benzene rings is 1. The average molecular weight is 346 g/mol. The first-order chi connectivity index (χ1) is 11.4. The first kappa shape index (κ1) is 16.3. The average Bonchev–Trinajstić information content (AvgIpc) is 2.86. The summed E-state index contributed by atoms with van der Waals surface area (Å²) in [6.45, 7) is 1.74. The Hall–Kier alpha value is -2.60. The van der Waals surface area contributed by atoms with E-state index in [0.29, 0.717) is 10.8 Å². The lowest BCUT2D eigenvalue weighted by Gasteiger charge is -2.13. The van der Waals surface area contributed by atoms with Gasteiger partial charge in [0.25, 0.3) is 5.56 Å². The summed E-state index contributed by atoms with van der Waals surface area (Å²) in [6, 6.07) is 8.21. The molecule has 0 unspecified atom stereocenters. The zero-order chi connectivity index (χ0) is 17.4. The maximum Gasteiger partial charge on any atom is 0.339 e. The van der Waals surface area contributed by atoms with Gasteiger partial charge in [0.15, 0.2) is 11.9 Å². The molecule has 0 radical (unpaired) electrons. The minimum absolute atomic E-state index is 0.215. The fourth-order valence-corrected chi connectivity index (χ4v) is 2.68. The summed E-state index contributed by atoms with van der Waals surface area (Å²) in [4.78, 5) is 28.4. The number of carbonyl (C=O) groups is 1. The van der Waals surface area contributed by atoms with Gasteiger partial charge in [-0.05, 0) is 31.2 Å². The fraction of sp³-hybridized carbons (Fsp3) is 0.235. The molecule has 0 aliphatic carbocycles. The van der Waals surface area contributed by atoms with Gasteiger partial charge in [0.1, 0.15) is 0 Å². The van der Waals surface area contributed by atoms with E-state index in [0.717, 1.165) is 11.0 Å². The van der Waals surface area contributed by atoms with Crippen molar-refractivity contribution in [3.8, 4) is 0 Å². The van der Waals surface area contributed by atoms with Crippen LogP contribution in [0.2, 0.25) is 5.02 Å². The van der Waals surface area contributed by atoms with E-state index in [2.05, 4.69) is 4.98 Å². The van der Waals surface area contributed by atoms with E-state index in [1.807, 2.05) is 17.7 Å². The maximum absolute atomic E-state index is 12.2. The van der Waals surface area contributed by atoms with E-state index in [9.17, 15) is 9.59 Å². The summed E-state index contributed by atoms with van der Waals surface area (Å²) in [5.41, 5.74) is 1.57. The van der Waals surface area contributed by atoms with Gasteiger partial charge >= 0.3 is 5.97 Å². The van der Waals surface area contributed by atoms with Crippen LogP contribution in [0.5, 0.6) is 0 Å². The molecule has 0 amide bonds. The summed E-state index contributed by atoms with van der Waals surface area (Å²) < 4.78 is 8.69. The van der Waals surface area contributed by atoms with Crippen LogP contribution in [-0.2, 0) is 18.8 Å². The lowest BCUT2D eigenvalue weighted by Crippen LogP contribution is -2.19. The topological polar surface area (TPSA) is 66.1 Å². The minimum Gasteiger partial charge on any atom is -0.451 e. The number of imidazole rings is 1. The smallest absolute Gasteiger partial charge is 0.339 e. The number of hydrogen-bond acceptors (Lipinski definition) is 4. The third kappa shape index (κ3) is 2.92. The van der Waals surface area contributed by atoms with E-state index >= 15 is 0 Å². The number of pyridine rings is 1. The van der Waals surface area contributed by atoms with Crippen molar-refractivity contribution >= 4 is 28.6 Å². The predicted molar refractivity (Wildman–Crippen MR) is 91.2 cm³/mol. The van der Waals surface area contributed by atoms with Crippen LogP contribution >= 0.6 is 11.6 Å². The quantitative estimate of drug-likeness (QED) is 0.685. The Kier molecular flexibility index (Phi) is 4.15. The van der Waals surface area contributed by atoms with Crippen molar-refractivity contribution in [1.29, 1.82) is 0 Å². The number of fused-ring (bicyclic) bond motifs is 1. The SMILES string of the molecule is C[C@@H](OC(=O)c1ccn(C)c(=O)c1)c1nc2cc(Cl)ccc2n1C. The Bertz CT molecular complexity index is 990. The van der Waals surface area contributed by atoms with Crippen LogP contribution in [0, 0.1) is 0 Å². The summed E-state index contributed by atoms with van der Waals surface area (Å²) in [5, 5.41) is 0.594. The van der Waals surface area contributed by atoms with Crippen molar-refractivity contribution in [1.82, 2.24) is 14.1 Å². The van der Waals surface area contributed by atoms with E-state index in [-0.39, 0.29) is 11.1 Å². The molecule has 3 rings (SSSR count). The molecule has 1 atom stereocenters. The molecule has 24 heavy (non-hydrogen) atoms. The summed E-state index contributed by atoms with van der Waals surface area (Å²) in [7, 11) is 3.46. The van der Waals surface area contributed by atoms with Crippen molar-refractivity contribution < 1.29 is 9.53 Å². The van der Waals surface area contributed by atoms with Crippen molar-refractivity contribution in [2.75, 3.05) is 0 Å². The van der Waals surface area contributed by atoms with Crippen molar-refractivity contribution in [2.45, 2.75) is 13.0 Å². The molecule has 2 heterocycles. The molecular weight excluding hydrogens is 330 g/mol. The van der Waals surface area contributed by atoms with Gasteiger partial charge in [-0.3, -0.25) is 4.79 Å². The Balaban J connectivity index is 1.88. The fourth-order valence-electron chi connectivity index (χ4n) is 2.51. The zero-order valence-corrected chi connectivity index (χ0v) is 14.2. The minimum atomic E-state index is -0.572. The number of hydrogen-bond donors (Lipinski definition) is 0. The number of esters is 1. The van der Waals surface area contributed by atoms with Gasteiger partial charge in [-0.15, -0.1) is 0 Å². The molecule has 6 nitrogen and oxygen atoms in total. The van der Waals surface area contributed by atoms with Crippen LogP contribution in [0.3, 0.4) is 0 Å². The first-order valence-electron chi connectivity index (χ1n) is 7.36. The number of aromatic nitrogens is 3. The Morgan fingerprint density at radius 3 is 2.71 bits per heavy atom. The van der Waals surface area contributed by atoms with E-state index in [1.54, 1.807) is 32.2 Å². The Morgan fingerprint density at radius 1 is 1.25 bits per heavy atom. The van der Waals surface area contributed by atoms with Gasteiger partial charge in [-0.2, -0.15) is 0 Å². The highest BCUT2D eigenvalue weighted by Gasteiger charge is 2.19. The predicted octanol–water partition coefficient (Wildman–Crippen LogP) is 2.84. The van der Waals surface area contributed by atoms with E-state index in [1.165, 1.54) is 16.8 Å². The molecule has 0 bridgehead atoms. The summed E-state index contributed by atoms with van der Waals surface area (Å²) in [5.74, 6) is 0.0368. The van der Waals surface area contributed by atoms with Crippen molar-refractivity contribution in [3.63, 3.8) is 0 Å². The van der Waals surface area contributed by atoms with Crippen LogP contribution in [0.4, 0.5) is 0 Å². The van der Waals surface area contributed by atoms with Crippen LogP contribution in [0.15, 0.2) is 41.3 Å². The lowest BCUT2D eigenvalue weighted by atomic mass is 10.2. The number of rotatable bonds is 3. The molecule has 124 valence electrons. The molecule has 0 N–H and O–H groups in total. The standard InChI is InChI=1S/C17H16ClN3O3/c1-10(24-17(23)11-6-7-20(2)15(22)8-11)16-19-13-9-12(18)4-5-14(13)21(16)3/h4-10H,1-3H3/t10-/m1/s1. The number of nitrogens with zero attached hydrogens (tertiary/aromatic N) is 3. The molecule has 0 fully saturated rings. The number of ether oxygens (including phenoxy) is 1. The highest BCUT2D eigenvalue weighted by atomic mass is 35.5. The second-order valence-corrected chi connectivity index (χ2v) is 6.01. The monoisotopic (exact) mass is 345 g/mol. The maximum atomic E-state index is 12.2. The zero-order valence-electron chi connectivity index (χ0n) is 13.5. The molecule has 0 aliphatic heterocycles. The Labute approximate surface area is 143 Å². The van der Waals surface area contributed by atoms with Gasteiger partial charge in [0, 0.05) is 31.4 Å². The van der Waals surface area contributed by atoms with Crippen molar-refractivity contribution in [3.05, 3.63) is 63.3 Å². The number of aryl methyl sites for hydroxylation is 2. The first-order valence-corrected chi connectivity index (χ1v) is 7.74. The second kappa shape index (κ2) is 6.13. The van der Waals surface area contributed by atoms with Gasteiger partial charge in [-0.25, -0.2) is 9.78 Å². The normalized spacial score (nSPS) is 12.3. The lowest BCUT2D eigenvalue weighted by molar-refractivity contribution is 0.0315. The number of carbonyl (C=O) groups excluding carboxylic acids is 1. The third-order valence-corrected chi connectivity index (χ3v) is 4.10. The van der Waals surface area contributed by atoms with Gasteiger partial charge in [0.05, 0.1) is 16.6 Å². The molecular formula is C17H16ClN3O3. The molecule has 0 spiro atoms. The number of halogens is 1. The molecule has 0 saturated carbocycles. The van der Waals surface area contributed by atoms with Crippen LogP contribution in [-0.4, -0.2) is 20.1 Å². The highest BCUT2D eigenvalue weighted by molar-refractivity contribution is 6.31. The summed E-state index contributed by atoms with van der Waals surface area (Å²) in [6.07, 6.45) is 0.957. The van der Waals surface area contributed by atoms with E-state index < -0.39 is 12.1 Å². The van der Waals surface area contributed by atoms with Crippen LogP contribution < -0.4 is 5.56 Å². The third-order valence-electron chi connectivity index (χ3n) is 3.86. The Morgan fingerprint density at radius 2 is 2.00 bits per heavy atom. The second-order valence-electron chi connectivity index (χ2n) is 5.57. The molecule has 7 heteroatoms. The largest absolute Gasteiger partial charge is 0.451 e. The molecule has 1 aromatic carbocycles. The van der Waals surface area contributed by atoms with Gasteiger partial charge in [0.2, 0.25) is 0 Å². The van der Waals surface area contributed by atoms with Crippen LogP contribution in [0.1, 0.15) is 29.2 Å². The molecule has 0 aliphatic rings. The molecule has 0 saturated heterocycles.